The van der Waals surface area contributed by atoms with Gasteiger partial charge in [0.05, 0.1) is 74.5 Å². The Morgan fingerprint density at radius 2 is 0.469 bits per heavy atom. The number of hydrogen-bond donors (Lipinski definition) is 18. The lowest BCUT2D eigenvalue weighted by Gasteiger charge is -2.36. The molecule has 4 aromatic carbocycles. The Morgan fingerprint density at radius 1 is 0.286 bits per heavy atom. The molecule has 4 fully saturated rings. The van der Waals surface area contributed by atoms with Gasteiger partial charge in [0, 0.05) is 50.3 Å². The summed E-state index contributed by atoms with van der Waals surface area (Å²) in [7, 11) is 6.61. The van der Waals surface area contributed by atoms with E-state index in [1.807, 2.05) is 156 Å². The van der Waals surface area contributed by atoms with Crippen LogP contribution in [0.25, 0.3) is 0 Å². The first kappa shape index (κ1) is 117. The summed E-state index contributed by atoms with van der Waals surface area (Å²) in [5.41, 5.74) is 5.91. The molecule has 147 heavy (non-hydrogen) atoms. The fraction of sp³-hybridized carbons (Fsp3) is 0.630. The molecule has 4 saturated heterocycles. The second-order valence-electron chi connectivity index (χ2n) is 45.1. The molecule has 38 nitrogen and oxygen atoms in total. The number of carbonyl (C=O) groups excluding carboxylic acids is 16. The first-order chi connectivity index (χ1) is 69.0. The number of likely N-dealkylation sites (N-methyl/N-ethyl adjacent to an activating group) is 4. The lowest BCUT2D eigenvalue weighted by molar-refractivity contribution is -0.144. The zero-order chi connectivity index (χ0) is 107. The number of fused-ring (bicyclic) bond motifs is 4. The SMILES string of the molecule is CN[C@@H](C)C(=O)N[C@@H](C(=O)N1C[C@@H](NC(=O)CNCC(=O)N[C@H]2C[C@@H](C(=O)N[C@@H]3CCCc4ccccc43)N(C(=O)[C@H](NC(=O)[C@H](C)NC)C(C)(C)C)C2)CC1C(=O)N[C@@H]1CCCc2ccccc21)C(C)(C)C.CN[C@@H](C)C(=O)N[C@@H](C(=O)N1C[C@@H](NC(=O)CNCC(=O)N[C@H]2C[C@@H](C(=O)N[C@@H]3CCCc4ccccc43)N(C(=O)[C@H](NC(=O)[C@H](C)NC)C(C)(C)C)C2)CC1C(=O)N[C@@H]1CCCc2ccccc21)C(C)(C)C.Cl. The third-order valence-electron chi connectivity index (χ3n) is 29.8. The molecule has 0 aromatic heterocycles. The monoisotopic (exact) mass is 2060 g/mol. The van der Waals surface area contributed by atoms with Crippen LogP contribution in [0, 0.1) is 21.7 Å². The number of rotatable bonds is 36. The van der Waals surface area contributed by atoms with E-state index in [4.69, 9.17) is 0 Å². The van der Waals surface area contributed by atoms with E-state index in [-0.39, 0.29) is 162 Å². The zero-order valence-corrected chi connectivity index (χ0v) is 90.3. The molecule has 4 aliphatic carbocycles. The van der Waals surface area contributed by atoms with Crippen molar-refractivity contribution in [3.63, 3.8) is 0 Å². The largest absolute Gasteiger partial charge is 0.350 e. The number of nitrogens with one attached hydrogen (secondary N) is 18. The standard InChI is InChI=1S/2C54H81N11O8.ClH/c2*1-31(55-9)47(68)62-45(53(3,4)5)51(72)64-29-35(25-41(64)49(70)60-39-23-15-19-33-17-11-13-21-37(33)39)58-43(66)27-57-28-44(67)59-36-26-42(50(71)61-40-24-16-20-34-18-12-14-22-38(34)40)65(30-36)52(73)46(54(6,7)8)63-48(69)32(2)56-10;/h2*11-14,17-18,21-22,31-32,35-36,39-42,45-46,55-57H,15-16,19-20,23-30H2,1-10H3,(H,58,66)(H,59,67)(H,60,70)(H,61,71)(H,62,68)(H,63,69);1H/t2*31-,32-,35-,36-,39+,40+,41-,42?,45-,46-;/m00./s1. The molecule has 39 heteroatoms. The average Bonchev–Trinajstić information content (AvgIpc) is 1.66. The smallest absolute Gasteiger partial charge is 0.246 e. The van der Waals surface area contributed by atoms with Crippen LogP contribution in [-0.2, 0) is 102 Å². The normalized spacial score (nSPS) is 23.2. The second kappa shape index (κ2) is 52.1. The van der Waals surface area contributed by atoms with Gasteiger partial charge in [0.15, 0.2) is 0 Å². The van der Waals surface area contributed by atoms with Gasteiger partial charge in [-0.2, -0.15) is 0 Å². The van der Waals surface area contributed by atoms with Gasteiger partial charge in [-0.1, -0.05) is 180 Å². The van der Waals surface area contributed by atoms with E-state index in [2.05, 4.69) is 120 Å². The van der Waals surface area contributed by atoms with Crippen molar-refractivity contribution in [2.45, 2.75) is 334 Å². The molecule has 4 aromatic rings. The number of aryl methyl sites for hydroxylation is 4. The van der Waals surface area contributed by atoms with E-state index < -0.39 is 166 Å². The molecule has 16 amide bonds. The Bertz CT molecular complexity index is 4710. The third-order valence-corrected chi connectivity index (χ3v) is 29.8. The van der Waals surface area contributed by atoms with Gasteiger partial charge in [0.2, 0.25) is 94.5 Å². The van der Waals surface area contributed by atoms with Gasteiger partial charge in [-0.3, -0.25) is 87.3 Å². The fourth-order valence-corrected chi connectivity index (χ4v) is 21.0. The highest BCUT2D eigenvalue weighted by Crippen LogP contribution is 2.39. The van der Waals surface area contributed by atoms with Crippen molar-refractivity contribution in [1.82, 2.24) is 115 Å². The maximum atomic E-state index is 14.5. The van der Waals surface area contributed by atoms with Crippen LogP contribution in [0.15, 0.2) is 97.1 Å². The molecule has 18 N–H and O–H groups in total. The maximum absolute atomic E-state index is 14.5. The molecule has 808 valence electrons. The molecule has 4 aliphatic heterocycles. The van der Waals surface area contributed by atoms with E-state index in [1.165, 1.54) is 41.9 Å². The number of likely N-dealkylation sites (tertiary alicyclic amines) is 4. The molecule has 20 atom stereocenters. The predicted octanol–water partition coefficient (Wildman–Crippen LogP) is 3.25. The third kappa shape index (κ3) is 30.9. The summed E-state index contributed by atoms with van der Waals surface area (Å²) in [4.78, 5) is 228. The van der Waals surface area contributed by atoms with Crippen molar-refractivity contribution in [2.24, 2.45) is 21.7 Å². The molecular formula is C108H163ClN22O16. The van der Waals surface area contributed by atoms with Crippen molar-refractivity contribution in [1.29, 1.82) is 0 Å². The molecular weight excluding hydrogens is 1900 g/mol. The Labute approximate surface area is 872 Å². The van der Waals surface area contributed by atoms with Gasteiger partial charge in [0.25, 0.3) is 0 Å². The number of carbonyl (C=O) groups is 16. The van der Waals surface area contributed by atoms with E-state index in [0.29, 0.717) is 0 Å². The Balaban J connectivity index is 0.000000299. The van der Waals surface area contributed by atoms with E-state index in [1.54, 1.807) is 55.9 Å². The Hall–Kier alpha value is -11.6. The van der Waals surface area contributed by atoms with Crippen molar-refractivity contribution < 1.29 is 76.7 Å². The molecule has 4 heterocycles. The van der Waals surface area contributed by atoms with Gasteiger partial charge in [0.1, 0.15) is 48.3 Å². The number of amides is 16. The van der Waals surface area contributed by atoms with Crippen LogP contribution in [0.1, 0.15) is 257 Å². The summed E-state index contributed by atoms with van der Waals surface area (Å²) in [5.74, 6) is -6.45. The molecule has 0 saturated carbocycles. The topological polar surface area (TPSA) is 503 Å². The summed E-state index contributed by atoms with van der Waals surface area (Å²) >= 11 is 0. The van der Waals surface area contributed by atoms with E-state index >= 15 is 0 Å². The summed E-state index contributed by atoms with van der Waals surface area (Å²) in [6.07, 6.45) is 10.7. The highest BCUT2D eigenvalue weighted by atomic mass is 35.5. The van der Waals surface area contributed by atoms with Gasteiger partial charge in [-0.25, -0.2) is 0 Å². The van der Waals surface area contributed by atoms with Gasteiger partial charge < -0.3 is 105 Å². The lowest BCUT2D eigenvalue weighted by atomic mass is 9.85. The van der Waals surface area contributed by atoms with Crippen LogP contribution in [0.4, 0.5) is 0 Å². The minimum Gasteiger partial charge on any atom is -0.350 e. The first-order valence-electron chi connectivity index (χ1n) is 52.2. The number of benzene rings is 4. The molecule has 12 rings (SSSR count). The highest BCUT2D eigenvalue weighted by Gasteiger charge is 2.52. The van der Waals surface area contributed by atoms with E-state index in [0.717, 1.165) is 99.3 Å². The Morgan fingerprint density at radius 3 is 0.646 bits per heavy atom. The number of nitrogens with zero attached hydrogens (tertiary/aromatic N) is 4. The summed E-state index contributed by atoms with van der Waals surface area (Å²) in [6, 6.07) is 18.5. The van der Waals surface area contributed by atoms with Crippen molar-refractivity contribution in [3.05, 3.63) is 142 Å². The molecule has 0 spiro atoms. The van der Waals surface area contributed by atoms with Crippen molar-refractivity contribution in [2.75, 3.05) is 80.5 Å². The molecule has 0 bridgehead atoms. The predicted molar refractivity (Wildman–Crippen MR) is 562 cm³/mol. The average molecular weight is 2060 g/mol. The van der Waals surface area contributed by atoms with Gasteiger partial charge in [-0.15, -0.1) is 12.4 Å². The van der Waals surface area contributed by atoms with Crippen LogP contribution < -0.4 is 95.7 Å². The summed E-state index contributed by atoms with van der Waals surface area (Å²) in [5, 5.41) is 53.6. The maximum Gasteiger partial charge on any atom is 0.246 e. The first-order valence-corrected chi connectivity index (χ1v) is 52.2. The number of halogens is 1. The summed E-state index contributed by atoms with van der Waals surface area (Å²) in [6.45, 7) is 27.9. The fourth-order valence-electron chi connectivity index (χ4n) is 21.0. The van der Waals surface area contributed by atoms with Gasteiger partial charge in [-0.05, 0) is 225 Å². The highest BCUT2D eigenvalue weighted by molar-refractivity contribution is 5.99. The van der Waals surface area contributed by atoms with Crippen LogP contribution in [0.3, 0.4) is 0 Å². The Kier molecular flexibility index (Phi) is 41.6. The quantitative estimate of drug-likeness (QED) is 0.0311. The van der Waals surface area contributed by atoms with Crippen LogP contribution >= 0.6 is 12.4 Å². The number of hydrogen-bond acceptors (Lipinski definition) is 22. The van der Waals surface area contributed by atoms with Crippen LogP contribution in [-0.4, -0.2) is 291 Å². The molecule has 8 aliphatic rings. The minimum absolute atomic E-state index is 0. The van der Waals surface area contributed by atoms with Gasteiger partial charge >= 0.3 is 0 Å². The second-order valence-corrected chi connectivity index (χ2v) is 45.1. The molecule has 0 radical (unpaired) electrons. The van der Waals surface area contributed by atoms with Crippen molar-refractivity contribution >= 4 is 107 Å². The zero-order valence-electron chi connectivity index (χ0n) is 89.5. The summed E-state index contributed by atoms with van der Waals surface area (Å²) < 4.78 is 0. The lowest BCUT2D eigenvalue weighted by Crippen LogP contribution is -2.59. The van der Waals surface area contributed by atoms with Crippen LogP contribution in [0.5, 0.6) is 0 Å². The van der Waals surface area contributed by atoms with E-state index in [9.17, 15) is 76.7 Å². The minimum atomic E-state index is -0.979. The van der Waals surface area contributed by atoms with Crippen molar-refractivity contribution in [3.8, 4) is 0 Å². The molecule has 2 unspecified atom stereocenters. The van der Waals surface area contributed by atoms with Crippen LogP contribution in [0.2, 0.25) is 0 Å².